The molecule has 0 aliphatic rings. The molecule has 0 saturated heterocycles. The van der Waals surface area contributed by atoms with E-state index in [0.717, 1.165) is 0 Å². The molecule has 0 aliphatic heterocycles. The first kappa shape index (κ1) is 13.9. The second-order valence-corrected chi connectivity index (χ2v) is 3.85. The molecule has 5 heteroatoms. The zero-order valence-corrected chi connectivity index (χ0v) is 9.56. The number of hydrogen-bond acceptors (Lipinski definition) is 3. The number of nitrogens with zero attached hydrogens (tertiary/aromatic N) is 1. The van der Waals surface area contributed by atoms with E-state index in [-0.39, 0.29) is 24.9 Å². The van der Waals surface area contributed by atoms with Gasteiger partial charge in [0.25, 0.3) is 0 Å². The number of rotatable bonds is 6. The Morgan fingerprint density at radius 2 is 1.93 bits per heavy atom. The lowest BCUT2D eigenvalue weighted by atomic mass is 10.1. The summed E-state index contributed by atoms with van der Waals surface area (Å²) in [6.45, 7) is 5.94. The highest BCUT2D eigenvalue weighted by atomic mass is 16.4. The Morgan fingerprint density at radius 1 is 1.40 bits per heavy atom. The van der Waals surface area contributed by atoms with Crippen molar-refractivity contribution in [3.8, 4) is 0 Å². The number of carboxylic acids is 1. The van der Waals surface area contributed by atoms with E-state index in [1.54, 1.807) is 13.8 Å². The zero-order chi connectivity index (χ0) is 12.0. The van der Waals surface area contributed by atoms with Gasteiger partial charge in [0.1, 0.15) is 0 Å². The number of carboxylic acid groups (broad SMARTS) is 1. The number of carbonyl (C=O) groups is 2. The fourth-order valence-electron chi connectivity index (χ4n) is 1.22. The third kappa shape index (κ3) is 5.37. The highest BCUT2D eigenvalue weighted by Gasteiger charge is 2.19. The lowest BCUT2D eigenvalue weighted by molar-refractivity contribution is -0.143. The standard InChI is InChI=1S/C10H20N2O3/c1-4-12(6-7(2)10(14)15)9(13)5-8(3)11/h7-8H,4-6,11H2,1-3H3,(H,14,15). The van der Waals surface area contributed by atoms with Gasteiger partial charge in [0.15, 0.2) is 0 Å². The summed E-state index contributed by atoms with van der Waals surface area (Å²) in [6, 6.07) is -0.188. The van der Waals surface area contributed by atoms with Crippen molar-refractivity contribution in [3.05, 3.63) is 0 Å². The summed E-state index contributed by atoms with van der Waals surface area (Å²) in [5.74, 6) is -1.51. The fraction of sp³-hybridized carbons (Fsp3) is 0.800. The SMILES string of the molecule is CCN(CC(C)C(=O)O)C(=O)CC(C)N. The summed E-state index contributed by atoms with van der Waals surface area (Å²) >= 11 is 0. The molecule has 0 heterocycles. The molecular formula is C10H20N2O3. The molecule has 5 nitrogen and oxygen atoms in total. The van der Waals surface area contributed by atoms with Crippen molar-refractivity contribution >= 4 is 11.9 Å². The molecule has 0 fully saturated rings. The first-order valence-electron chi connectivity index (χ1n) is 5.14. The average molecular weight is 216 g/mol. The maximum absolute atomic E-state index is 11.6. The minimum absolute atomic E-state index is 0.0828. The first-order valence-corrected chi connectivity index (χ1v) is 5.14. The summed E-state index contributed by atoms with van der Waals surface area (Å²) in [7, 11) is 0. The maximum Gasteiger partial charge on any atom is 0.308 e. The Balaban J connectivity index is 4.24. The summed E-state index contributed by atoms with van der Waals surface area (Å²) in [4.78, 5) is 23.8. The van der Waals surface area contributed by atoms with Gasteiger partial charge >= 0.3 is 5.97 Å². The molecular weight excluding hydrogens is 196 g/mol. The van der Waals surface area contributed by atoms with E-state index in [1.807, 2.05) is 6.92 Å². The van der Waals surface area contributed by atoms with Crippen LogP contribution >= 0.6 is 0 Å². The molecule has 0 aromatic rings. The summed E-state index contributed by atoms with van der Waals surface area (Å²) < 4.78 is 0. The quantitative estimate of drug-likeness (QED) is 0.668. The molecule has 88 valence electrons. The molecule has 0 spiro atoms. The highest BCUT2D eigenvalue weighted by molar-refractivity contribution is 5.78. The van der Waals surface area contributed by atoms with Crippen LogP contribution in [0, 0.1) is 5.92 Å². The molecule has 0 rings (SSSR count). The number of nitrogens with two attached hydrogens (primary N) is 1. The second-order valence-electron chi connectivity index (χ2n) is 3.85. The molecule has 0 aromatic carbocycles. The fourth-order valence-corrected chi connectivity index (χ4v) is 1.22. The van der Waals surface area contributed by atoms with Crippen LogP contribution in [0.1, 0.15) is 27.2 Å². The normalized spacial score (nSPS) is 14.4. The monoisotopic (exact) mass is 216 g/mol. The van der Waals surface area contributed by atoms with Crippen LogP contribution in [-0.2, 0) is 9.59 Å². The van der Waals surface area contributed by atoms with Crippen molar-refractivity contribution in [1.82, 2.24) is 4.90 Å². The van der Waals surface area contributed by atoms with Crippen LogP contribution in [0.2, 0.25) is 0 Å². The van der Waals surface area contributed by atoms with E-state index >= 15 is 0 Å². The smallest absolute Gasteiger partial charge is 0.308 e. The maximum atomic E-state index is 11.6. The van der Waals surface area contributed by atoms with Gasteiger partial charge in [-0.25, -0.2) is 0 Å². The molecule has 0 saturated carbocycles. The molecule has 0 radical (unpaired) electrons. The van der Waals surface area contributed by atoms with Crippen molar-refractivity contribution in [3.63, 3.8) is 0 Å². The van der Waals surface area contributed by atoms with Crippen LogP contribution in [0.4, 0.5) is 0 Å². The van der Waals surface area contributed by atoms with E-state index in [0.29, 0.717) is 6.54 Å². The lowest BCUT2D eigenvalue weighted by Crippen LogP contribution is -2.39. The lowest BCUT2D eigenvalue weighted by Gasteiger charge is -2.23. The van der Waals surface area contributed by atoms with Gasteiger partial charge in [0.05, 0.1) is 5.92 Å². The highest BCUT2D eigenvalue weighted by Crippen LogP contribution is 2.03. The van der Waals surface area contributed by atoms with Gasteiger partial charge in [0, 0.05) is 25.6 Å². The van der Waals surface area contributed by atoms with Crippen LogP contribution in [-0.4, -0.2) is 41.0 Å². The van der Waals surface area contributed by atoms with Crippen molar-refractivity contribution in [2.24, 2.45) is 11.7 Å². The number of hydrogen-bond donors (Lipinski definition) is 2. The van der Waals surface area contributed by atoms with Crippen LogP contribution in [0.3, 0.4) is 0 Å². The molecule has 2 atom stereocenters. The van der Waals surface area contributed by atoms with E-state index in [2.05, 4.69) is 0 Å². The van der Waals surface area contributed by atoms with Crippen LogP contribution < -0.4 is 5.73 Å². The third-order valence-electron chi connectivity index (χ3n) is 2.15. The predicted octanol–water partition coefficient (Wildman–Crippen LogP) is 0.293. The third-order valence-corrected chi connectivity index (χ3v) is 2.15. The molecule has 1 amide bonds. The molecule has 0 aromatic heterocycles. The van der Waals surface area contributed by atoms with Gasteiger partial charge in [-0.2, -0.15) is 0 Å². The molecule has 2 unspecified atom stereocenters. The largest absolute Gasteiger partial charge is 0.481 e. The Kier molecular flexibility index (Phi) is 5.93. The van der Waals surface area contributed by atoms with Crippen LogP contribution in [0.25, 0.3) is 0 Å². The molecule has 15 heavy (non-hydrogen) atoms. The Morgan fingerprint density at radius 3 is 2.27 bits per heavy atom. The Labute approximate surface area is 90.2 Å². The predicted molar refractivity (Wildman–Crippen MR) is 57.3 cm³/mol. The van der Waals surface area contributed by atoms with Gasteiger partial charge < -0.3 is 15.7 Å². The van der Waals surface area contributed by atoms with Gasteiger partial charge in [-0.15, -0.1) is 0 Å². The topological polar surface area (TPSA) is 83.6 Å². The molecule has 0 aliphatic carbocycles. The number of amides is 1. The summed E-state index contributed by atoms with van der Waals surface area (Å²) in [6.07, 6.45) is 0.264. The van der Waals surface area contributed by atoms with E-state index in [4.69, 9.17) is 10.8 Å². The van der Waals surface area contributed by atoms with Crippen molar-refractivity contribution in [1.29, 1.82) is 0 Å². The van der Waals surface area contributed by atoms with E-state index < -0.39 is 11.9 Å². The summed E-state index contributed by atoms with van der Waals surface area (Å²) in [5.41, 5.74) is 5.51. The van der Waals surface area contributed by atoms with Crippen molar-refractivity contribution in [2.45, 2.75) is 33.2 Å². The van der Waals surface area contributed by atoms with Gasteiger partial charge in [0.2, 0.25) is 5.91 Å². The van der Waals surface area contributed by atoms with Crippen molar-refractivity contribution < 1.29 is 14.7 Å². The average Bonchev–Trinajstić information content (AvgIpc) is 2.11. The molecule has 3 N–H and O–H groups in total. The van der Waals surface area contributed by atoms with Gasteiger partial charge in [-0.05, 0) is 13.8 Å². The summed E-state index contributed by atoms with van der Waals surface area (Å²) in [5, 5.41) is 8.73. The Bertz CT molecular complexity index is 229. The minimum Gasteiger partial charge on any atom is -0.481 e. The van der Waals surface area contributed by atoms with Crippen LogP contribution in [0.5, 0.6) is 0 Å². The second kappa shape index (κ2) is 6.40. The van der Waals surface area contributed by atoms with Crippen LogP contribution in [0.15, 0.2) is 0 Å². The van der Waals surface area contributed by atoms with Crippen molar-refractivity contribution in [2.75, 3.05) is 13.1 Å². The van der Waals surface area contributed by atoms with E-state index in [1.165, 1.54) is 4.90 Å². The Hall–Kier alpha value is -1.10. The minimum atomic E-state index is -0.887. The zero-order valence-electron chi connectivity index (χ0n) is 9.56. The van der Waals surface area contributed by atoms with E-state index in [9.17, 15) is 9.59 Å². The first-order chi connectivity index (χ1) is 6.88. The number of carbonyl (C=O) groups excluding carboxylic acids is 1. The van der Waals surface area contributed by atoms with Gasteiger partial charge in [-0.3, -0.25) is 9.59 Å². The number of aliphatic carboxylic acids is 1. The molecule has 0 bridgehead atoms. The van der Waals surface area contributed by atoms with Gasteiger partial charge in [-0.1, -0.05) is 6.92 Å².